The Balaban J connectivity index is 4.50. The first-order chi connectivity index (χ1) is 6.54. The van der Waals surface area contributed by atoms with Crippen molar-refractivity contribution in [1.29, 1.82) is 0 Å². The van der Waals surface area contributed by atoms with Gasteiger partial charge < -0.3 is 5.11 Å². The molecule has 0 aromatic heterocycles. The molecule has 0 aliphatic carbocycles. The van der Waals surface area contributed by atoms with Crippen LogP contribution in [0.4, 0.5) is 0 Å². The van der Waals surface area contributed by atoms with Crippen LogP contribution in [0.15, 0.2) is 0 Å². The highest BCUT2D eigenvalue weighted by Crippen LogP contribution is 2.09. The number of rotatable bonds is 6. The minimum Gasteiger partial charge on any atom is -0.481 e. The summed E-state index contributed by atoms with van der Waals surface area (Å²) in [6.07, 6.45) is -0.272. The minimum atomic E-state index is -3.65. The smallest absolute Gasteiger partial charge is 0.305 e. The third-order valence-electron chi connectivity index (χ3n) is 1.39. The highest BCUT2D eigenvalue weighted by molar-refractivity contribution is 7.87. The summed E-state index contributed by atoms with van der Waals surface area (Å²) >= 11 is 0. The molecule has 0 amide bonds. The van der Waals surface area contributed by atoms with Crippen molar-refractivity contribution in [1.82, 2.24) is 9.44 Å². The zero-order chi connectivity index (χ0) is 12.3. The number of hydrogen-bond acceptors (Lipinski definition) is 3. The van der Waals surface area contributed by atoms with Gasteiger partial charge in [-0.1, -0.05) is 0 Å². The fraction of sp³-hybridized carbons (Fsp3) is 0.875. The molecular formula is C8H18N2O4S. The molecule has 3 N–H and O–H groups in total. The second kappa shape index (κ2) is 4.91. The molecule has 0 aliphatic heterocycles. The largest absolute Gasteiger partial charge is 0.481 e. The van der Waals surface area contributed by atoms with Gasteiger partial charge in [0.15, 0.2) is 0 Å². The maximum atomic E-state index is 11.4. The van der Waals surface area contributed by atoms with Crippen LogP contribution in [0.1, 0.15) is 34.1 Å². The molecule has 0 heterocycles. The fourth-order valence-corrected chi connectivity index (χ4v) is 2.60. The molecule has 0 spiro atoms. The fourth-order valence-electron chi connectivity index (χ4n) is 1.12. The molecule has 0 aliphatic rings. The summed E-state index contributed by atoms with van der Waals surface area (Å²) in [5, 5.41) is 8.57. The SMILES string of the molecule is CC(C)NS(=O)(=O)NC(C)(C)CC(=O)O. The van der Waals surface area contributed by atoms with Crippen LogP contribution < -0.4 is 9.44 Å². The molecule has 0 rings (SSSR count). The molecule has 0 atom stereocenters. The first-order valence-corrected chi connectivity index (χ1v) is 6.05. The third kappa shape index (κ3) is 7.29. The number of nitrogens with one attached hydrogen (secondary N) is 2. The van der Waals surface area contributed by atoms with Crippen LogP contribution in [0, 0.1) is 0 Å². The Hall–Kier alpha value is -0.660. The van der Waals surface area contributed by atoms with Crippen LogP contribution in [0.3, 0.4) is 0 Å². The molecule has 7 heteroatoms. The quantitative estimate of drug-likeness (QED) is 0.610. The summed E-state index contributed by atoms with van der Waals surface area (Å²) in [6, 6.07) is -0.233. The topological polar surface area (TPSA) is 95.5 Å². The van der Waals surface area contributed by atoms with Gasteiger partial charge in [-0.25, -0.2) is 0 Å². The highest BCUT2D eigenvalue weighted by atomic mass is 32.2. The monoisotopic (exact) mass is 238 g/mol. The Kier molecular flexibility index (Phi) is 4.69. The Labute approximate surface area is 90.2 Å². The van der Waals surface area contributed by atoms with E-state index in [2.05, 4.69) is 9.44 Å². The van der Waals surface area contributed by atoms with E-state index in [0.29, 0.717) is 0 Å². The van der Waals surface area contributed by atoms with Gasteiger partial charge in [0, 0.05) is 11.6 Å². The molecule has 0 aromatic rings. The van der Waals surface area contributed by atoms with Crippen molar-refractivity contribution in [2.24, 2.45) is 0 Å². The second-order valence-corrected chi connectivity index (χ2v) is 5.78. The Morgan fingerprint density at radius 3 is 2.20 bits per heavy atom. The van der Waals surface area contributed by atoms with Crippen molar-refractivity contribution in [3.63, 3.8) is 0 Å². The molecule has 0 saturated heterocycles. The van der Waals surface area contributed by atoms with Gasteiger partial charge in [-0.05, 0) is 27.7 Å². The van der Waals surface area contributed by atoms with Gasteiger partial charge in [-0.2, -0.15) is 17.9 Å². The first kappa shape index (κ1) is 14.3. The van der Waals surface area contributed by atoms with E-state index in [0.717, 1.165) is 0 Å². The van der Waals surface area contributed by atoms with Crippen LogP contribution in [-0.4, -0.2) is 31.1 Å². The van der Waals surface area contributed by atoms with Crippen LogP contribution >= 0.6 is 0 Å². The van der Waals surface area contributed by atoms with Gasteiger partial charge in [0.1, 0.15) is 0 Å². The maximum Gasteiger partial charge on any atom is 0.305 e. The lowest BCUT2D eigenvalue weighted by Gasteiger charge is -2.24. The molecule has 0 aromatic carbocycles. The molecule has 6 nitrogen and oxygen atoms in total. The molecular weight excluding hydrogens is 220 g/mol. The summed E-state index contributed by atoms with van der Waals surface area (Å²) in [6.45, 7) is 6.40. The summed E-state index contributed by atoms with van der Waals surface area (Å²) in [7, 11) is -3.65. The summed E-state index contributed by atoms with van der Waals surface area (Å²) in [5.41, 5.74) is -1.01. The van der Waals surface area contributed by atoms with E-state index in [1.54, 1.807) is 13.8 Å². The van der Waals surface area contributed by atoms with Gasteiger partial charge in [-0.3, -0.25) is 4.79 Å². The van der Waals surface area contributed by atoms with Crippen LogP contribution in [0.5, 0.6) is 0 Å². The molecule has 0 unspecified atom stereocenters. The molecule has 15 heavy (non-hydrogen) atoms. The van der Waals surface area contributed by atoms with Crippen molar-refractivity contribution >= 4 is 16.2 Å². The average Bonchev–Trinajstić information content (AvgIpc) is 1.73. The summed E-state index contributed by atoms with van der Waals surface area (Å²) in [4.78, 5) is 10.5. The molecule has 0 saturated carbocycles. The molecule has 0 radical (unpaired) electrons. The lowest BCUT2D eigenvalue weighted by molar-refractivity contribution is -0.138. The standard InChI is InChI=1S/C8H18N2O4S/c1-6(2)9-15(13,14)10-8(3,4)5-7(11)12/h6,9-10H,5H2,1-4H3,(H,11,12). The predicted octanol–water partition coefficient (Wildman–Crippen LogP) is 0.0721. The van der Waals surface area contributed by atoms with E-state index >= 15 is 0 Å². The van der Waals surface area contributed by atoms with Crippen LogP contribution in [0.2, 0.25) is 0 Å². The van der Waals surface area contributed by atoms with Crippen molar-refractivity contribution < 1.29 is 18.3 Å². The third-order valence-corrected chi connectivity index (χ3v) is 3.00. The van der Waals surface area contributed by atoms with E-state index in [-0.39, 0.29) is 12.5 Å². The Morgan fingerprint density at radius 2 is 1.87 bits per heavy atom. The summed E-state index contributed by atoms with van der Waals surface area (Å²) in [5.74, 6) is -1.05. The Morgan fingerprint density at radius 1 is 1.40 bits per heavy atom. The number of aliphatic carboxylic acids is 1. The van der Waals surface area contributed by atoms with Crippen LogP contribution in [0.25, 0.3) is 0 Å². The first-order valence-electron chi connectivity index (χ1n) is 4.57. The van der Waals surface area contributed by atoms with Crippen molar-refractivity contribution in [2.75, 3.05) is 0 Å². The van der Waals surface area contributed by atoms with E-state index in [1.807, 2.05) is 0 Å². The molecule has 0 fully saturated rings. The maximum absolute atomic E-state index is 11.4. The van der Waals surface area contributed by atoms with Crippen molar-refractivity contribution in [3.05, 3.63) is 0 Å². The summed E-state index contributed by atoms with van der Waals surface area (Å²) < 4.78 is 27.4. The van der Waals surface area contributed by atoms with E-state index in [1.165, 1.54) is 13.8 Å². The van der Waals surface area contributed by atoms with Gasteiger partial charge in [0.2, 0.25) is 0 Å². The van der Waals surface area contributed by atoms with Gasteiger partial charge >= 0.3 is 5.97 Å². The zero-order valence-corrected chi connectivity index (χ0v) is 10.2. The normalized spacial score (nSPS) is 13.1. The molecule has 90 valence electrons. The number of carboxylic acids is 1. The lowest BCUT2D eigenvalue weighted by atomic mass is 10.0. The van der Waals surface area contributed by atoms with Gasteiger partial charge in [-0.15, -0.1) is 0 Å². The number of carboxylic acid groups (broad SMARTS) is 1. The van der Waals surface area contributed by atoms with E-state index in [9.17, 15) is 13.2 Å². The number of carbonyl (C=O) groups is 1. The zero-order valence-electron chi connectivity index (χ0n) is 9.36. The van der Waals surface area contributed by atoms with E-state index in [4.69, 9.17) is 5.11 Å². The average molecular weight is 238 g/mol. The van der Waals surface area contributed by atoms with E-state index < -0.39 is 21.7 Å². The van der Waals surface area contributed by atoms with Gasteiger partial charge in [0.05, 0.1) is 6.42 Å². The molecule has 0 bridgehead atoms. The Bertz CT molecular complexity index is 322. The van der Waals surface area contributed by atoms with Crippen molar-refractivity contribution in [2.45, 2.75) is 45.7 Å². The van der Waals surface area contributed by atoms with Crippen molar-refractivity contribution in [3.8, 4) is 0 Å². The van der Waals surface area contributed by atoms with Gasteiger partial charge in [0.25, 0.3) is 10.2 Å². The lowest BCUT2D eigenvalue weighted by Crippen LogP contribution is -2.51. The second-order valence-electron chi connectivity index (χ2n) is 4.33. The van der Waals surface area contributed by atoms with Crippen LogP contribution in [-0.2, 0) is 15.0 Å². The highest BCUT2D eigenvalue weighted by Gasteiger charge is 2.27. The predicted molar refractivity (Wildman–Crippen MR) is 56.7 cm³/mol. The minimum absolute atomic E-state index is 0.233. The number of hydrogen-bond donors (Lipinski definition) is 3.